The van der Waals surface area contributed by atoms with Crippen molar-refractivity contribution in [3.8, 4) is 0 Å². The van der Waals surface area contributed by atoms with Crippen LogP contribution >= 0.6 is 0 Å². The molecule has 2 amide bonds. The van der Waals surface area contributed by atoms with E-state index in [-0.39, 0.29) is 13.2 Å². The van der Waals surface area contributed by atoms with Crippen molar-refractivity contribution in [1.29, 1.82) is 0 Å². The summed E-state index contributed by atoms with van der Waals surface area (Å²) in [5.41, 5.74) is 0.377. The molecule has 0 aromatic heterocycles. The molecule has 17 heavy (non-hydrogen) atoms. The number of carbonyl (C=O) groups is 1. The normalized spacial score (nSPS) is 9.76. The van der Waals surface area contributed by atoms with Crippen LogP contribution in [0.1, 0.15) is 0 Å². The maximum Gasteiger partial charge on any atom is 0.322 e. The van der Waals surface area contributed by atoms with Gasteiger partial charge in [0.1, 0.15) is 5.82 Å². The lowest BCUT2D eigenvalue weighted by atomic mass is 10.3. The van der Waals surface area contributed by atoms with E-state index in [1.54, 1.807) is 12.1 Å². The lowest BCUT2D eigenvalue weighted by molar-refractivity contribution is 0.195. The molecule has 0 atom stereocenters. The molecule has 2 N–H and O–H groups in total. The number of rotatable bonds is 5. The van der Waals surface area contributed by atoms with Gasteiger partial charge < -0.3 is 15.3 Å². The van der Waals surface area contributed by atoms with E-state index in [0.717, 1.165) is 0 Å². The Kier molecular flexibility index (Phi) is 5.16. The number of nitrogens with zero attached hydrogens (tertiary/aromatic N) is 1. The van der Waals surface area contributed by atoms with E-state index < -0.39 is 11.8 Å². The van der Waals surface area contributed by atoms with E-state index in [4.69, 9.17) is 5.11 Å². The molecule has 0 aliphatic rings. The fourth-order valence-corrected chi connectivity index (χ4v) is 1.32. The first-order chi connectivity index (χ1) is 8.17. The Bertz CT molecular complexity index is 396. The van der Waals surface area contributed by atoms with E-state index in [1.807, 2.05) is 0 Å². The molecule has 0 spiro atoms. The number of carbonyl (C=O) groups excluding carboxylic acids is 1. The number of hydrogen-bond donors (Lipinski definition) is 2. The van der Waals surface area contributed by atoms with Gasteiger partial charge in [0.05, 0.1) is 6.61 Å². The Labute approximate surface area is 99.4 Å². The first kappa shape index (κ1) is 13.2. The third-order valence-electron chi connectivity index (χ3n) is 2.08. The third kappa shape index (κ3) is 4.24. The quantitative estimate of drug-likeness (QED) is 0.769. The Morgan fingerprint density at radius 3 is 2.94 bits per heavy atom. The summed E-state index contributed by atoms with van der Waals surface area (Å²) in [7, 11) is 0. The Balaban J connectivity index is 2.65. The first-order valence-corrected chi connectivity index (χ1v) is 5.20. The predicted octanol–water partition coefficient (Wildman–Crippen LogP) is 1.84. The van der Waals surface area contributed by atoms with Crippen LogP contribution < -0.4 is 5.32 Å². The average Bonchev–Trinajstić information content (AvgIpc) is 2.28. The minimum atomic E-state index is -0.416. The molecule has 0 aliphatic carbocycles. The van der Waals surface area contributed by atoms with Crippen molar-refractivity contribution in [3.63, 3.8) is 0 Å². The molecule has 1 aromatic carbocycles. The summed E-state index contributed by atoms with van der Waals surface area (Å²) in [6.45, 7) is 3.91. The highest BCUT2D eigenvalue weighted by atomic mass is 19.1. The molecule has 0 radical (unpaired) electrons. The summed E-state index contributed by atoms with van der Waals surface area (Å²) in [4.78, 5) is 13.1. The zero-order valence-corrected chi connectivity index (χ0v) is 9.40. The summed E-state index contributed by atoms with van der Waals surface area (Å²) >= 11 is 0. The zero-order chi connectivity index (χ0) is 12.7. The van der Waals surface area contributed by atoms with Crippen LogP contribution in [0.3, 0.4) is 0 Å². The summed E-state index contributed by atoms with van der Waals surface area (Å²) in [5, 5.41) is 11.3. The standard InChI is InChI=1S/C12H15FN2O2/c1-2-6-15(7-8-16)12(17)14-11-5-3-4-10(13)9-11/h2-5,9,16H,1,6-8H2,(H,14,17). The van der Waals surface area contributed by atoms with Crippen molar-refractivity contribution in [3.05, 3.63) is 42.7 Å². The molecule has 1 aromatic rings. The van der Waals surface area contributed by atoms with Gasteiger partial charge in [0, 0.05) is 18.8 Å². The zero-order valence-electron chi connectivity index (χ0n) is 9.40. The number of halogens is 1. The number of aliphatic hydroxyl groups is 1. The minimum Gasteiger partial charge on any atom is -0.395 e. The number of anilines is 1. The SMILES string of the molecule is C=CCN(CCO)C(=O)Nc1cccc(F)c1. The third-order valence-corrected chi connectivity index (χ3v) is 2.08. The largest absolute Gasteiger partial charge is 0.395 e. The topological polar surface area (TPSA) is 52.6 Å². The second-order valence-corrected chi connectivity index (χ2v) is 3.40. The second kappa shape index (κ2) is 6.65. The van der Waals surface area contributed by atoms with Gasteiger partial charge in [0.2, 0.25) is 0 Å². The summed E-state index contributed by atoms with van der Waals surface area (Å²) < 4.78 is 12.9. The van der Waals surface area contributed by atoms with Crippen molar-refractivity contribution in [1.82, 2.24) is 4.90 Å². The van der Waals surface area contributed by atoms with Crippen LogP contribution in [0.2, 0.25) is 0 Å². The number of aliphatic hydroxyl groups excluding tert-OH is 1. The van der Waals surface area contributed by atoms with Crippen LogP contribution in [-0.4, -0.2) is 35.7 Å². The van der Waals surface area contributed by atoms with Crippen LogP contribution in [-0.2, 0) is 0 Å². The summed E-state index contributed by atoms with van der Waals surface area (Å²) in [6.07, 6.45) is 1.56. The molecule has 0 fully saturated rings. The second-order valence-electron chi connectivity index (χ2n) is 3.40. The predicted molar refractivity (Wildman–Crippen MR) is 64.3 cm³/mol. The van der Waals surface area contributed by atoms with Gasteiger partial charge in [0.15, 0.2) is 0 Å². The smallest absolute Gasteiger partial charge is 0.322 e. The molecule has 4 nitrogen and oxygen atoms in total. The van der Waals surface area contributed by atoms with Gasteiger partial charge in [-0.1, -0.05) is 12.1 Å². The van der Waals surface area contributed by atoms with E-state index >= 15 is 0 Å². The first-order valence-electron chi connectivity index (χ1n) is 5.20. The molecule has 0 heterocycles. The molecule has 1 rings (SSSR count). The monoisotopic (exact) mass is 238 g/mol. The lowest BCUT2D eigenvalue weighted by Crippen LogP contribution is -2.37. The van der Waals surface area contributed by atoms with Gasteiger partial charge in [-0.05, 0) is 18.2 Å². The molecular weight excluding hydrogens is 223 g/mol. The average molecular weight is 238 g/mol. The van der Waals surface area contributed by atoms with Crippen molar-refractivity contribution >= 4 is 11.7 Å². The van der Waals surface area contributed by atoms with E-state index in [9.17, 15) is 9.18 Å². The summed E-state index contributed by atoms with van der Waals surface area (Å²) in [5.74, 6) is -0.416. The number of hydrogen-bond acceptors (Lipinski definition) is 2. The van der Waals surface area contributed by atoms with Crippen LogP contribution in [0.4, 0.5) is 14.9 Å². The number of nitrogens with one attached hydrogen (secondary N) is 1. The molecule has 5 heteroatoms. The van der Waals surface area contributed by atoms with Crippen molar-refractivity contribution in [2.24, 2.45) is 0 Å². The fraction of sp³-hybridized carbons (Fsp3) is 0.250. The van der Waals surface area contributed by atoms with Gasteiger partial charge in [-0.3, -0.25) is 0 Å². The fourth-order valence-electron chi connectivity index (χ4n) is 1.32. The van der Waals surface area contributed by atoms with Gasteiger partial charge in [-0.2, -0.15) is 0 Å². The Morgan fingerprint density at radius 1 is 1.59 bits per heavy atom. The molecule has 0 bridgehead atoms. The van der Waals surface area contributed by atoms with Crippen LogP contribution in [0.5, 0.6) is 0 Å². The Morgan fingerprint density at radius 2 is 2.35 bits per heavy atom. The van der Waals surface area contributed by atoms with E-state index in [0.29, 0.717) is 12.2 Å². The molecular formula is C12H15FN2O2. The van der Waals surface area contributed by atoms with E-state index in [1.165, 1.54) is 23.1 Å². The van der Waals surface area contributed by atoms with Crippen molar-refractivity contribution in [2.45, 2.75) is 0 Å². The minimum absolute atomic E-state index is 0.135. The highest BCUT2D eigenvalue weighted by Gasteiger charge is 2.11. The maximum absolute atomic E-state index is 12.9. The molecule has 0 saturated carbocycles. The highest BCUT2D eigenvalue weighted by Crippen LogP contribution is 2.09. The van der Waals surface area contributed by atoms with Gasteiger partial charge in [0.25, 0.3) is 0 Å². The van der Waals surface area contributed by atoms with E-state index in [2.05, 4.69) is 11.9 Å². The maximum atomic E-state index is 12.9. The van der Waals surface area contributed by atoms with Gasteiger partial charge in [-0.25, -0.2) is 9.18 Å². The van der Waals surface area contributed by atoms with Crippen LogP contribution in [0.15, 0.2) is 36.9 Å². The molecule has 0 unspecified atom stereocenters. The number of urea groups is 1. The summed E-state index contributed by atoms with van der Waals surface area (Å²) in [6, 6.07) is 5.22. The van der Waals surface area contributed by atoms with Crippen molar-refractivity contribution < 1.29 is 14.3 Å². The lowest BCUT2D eigenvalue weighted by Gasteiger charge is -2.20. The molecule has 0 aliphatic heterocycles. The molecule has 92 valence electrons. The molecule has 0 saturated heterocycles. The van der Waals surface area contributed by atoms with Crippen molar-refractivity contribution in [2.75, 3.05) is 25.0 Å². The Hall–Kier alpha value is -1.88. The van der Waals surface area contributed by atoms with Crippen LogP contribution in [0.25, 0.3) is 0 Å². The van der Waals surface area contributed by atoms with Crippen LogP contribution in [0, 0.1) is 5.82 Å². The van der Waals surface area contributed by atoms with Gasteiger partial charge in [-0.15, -0.1) is 6.58 Å². The number of benzene rings is 1. The number of amides is 2. The highest BCUT2D eigenvalue weighted by molar-refractivity contribution is 5.89. The van der Waals surface area contributed by atoms with Gasteiger partial charge >= 0.3 is 6.03 Å².